The fourth-order valence-corrected chi connectivity index (χ4v) is 3.35. The molecule has 1 aliphatic heterocycles. The van der Waals surface area contributed by atoms with Crippen molar-refractivity contribution in [3.8, 4) is 5.75 Å². The molecule has 150 valence electrons. The molecule has 1 aromatic carbocycles. The predicted octanol–water partition coefficient (Wildman–Crippen LogP) is 3.59. The molecule has 0 spiro atoms. The number of furan rings is 1. The first-order chi connectivity index (χ1) is 13.4. The second-order valence-electron chi connectivity index (χ2n) is 7.53. The third-order valence-electron chi connectivity index (χ3n) is 5.09. The van der Waals surface area contributed by atoms with Gasteiger partial charge in [-0.25, -0.2) is 0 Å². The van der Waals surface area contributed by atoms with Crippen molar-refractivity contribution in [2.75, 3.05) is 13.1 Å². The highest BCUT2D eigenvalue weighted by molar-refractivity contribution is 5.91. The zero-order valence-corrected chi connectivity index (χ0v) is 16.7. The number of nitrogens with one attached hydrogen (secondary N) is 1. The predicted molar refractivity (Wildman–Crippen MR) is 106 cm³/mol. The summed E-state index contributed by atoms with van der Waals surface area (Å²) >= 11 is 0. The number of nitrogens with zero attached hydrogens (tertiary/aromatic N) is 1. The molecule has 2 heterocycles. The van der Waals surface area contributed by atoms with Crippen molar-refractivity contribution < 1.29 is 18.7 Å². The van der Waals surface area contributed by atoms with Gasteiger partial charge in [0.25, 0.3) is 11.8 Å². The second-order valence-corrected chi connectivity index (χ2v) is 7.53. The van der Waals surface area contributed by atoms with Gasteiger partial charge >= 0.3 is 0 Å². The Morgan fingerprint density at radius 3 is 2.36 bits per heavy atom. The first kappa shape index (κ1) is 20.0. The molecule has 2 amide bonds. The molecule has 1 saturated heterocycles. The molecular weight excluding hydrogens is 356 g/mol. The third-order valence-corrected chi connectivity index (χ3v) is 5.09. The van der Waals surface area contributed by atoms with E-state index in [2.05, 4.69) is 19.2 Å². The average Bonchev–Trinajstić information content (AvgIpc) is 3.23. The highest BCUT2D eigenvalue weighted by Gasteiger charge is 2.28. The lowest BCUT2D eigenvalue weighted by atomic mass is 10.0. The van der Waals surface area contributed by atoms with Crippen LogP contribution in [-0.2, 0) is 4.79 Å². The lowest BCUT2D eigenvalue weighted by molar-refractivity contribution is -0.139. The third kappa shape index (κ3) is 4.94. The number of piperidine rings is 1. The second kappa shape index (κ2) is 8.95. The minimum absolute atomic E-state index is 0.0243. The maximum Gasteiger partial charge on any atom is 0.287 e. The monoisotopic (exact) mass is 384 g/mol. The number of rotatable bonds is 6. The number of ether oxygens (including phenoxy) is 1. The minimum atomic E-state index is -0.542. The van der Waals surface area contributed by atoms with Crippen LogP contribution in [0.1, 0.15) is 55.6 Å². The van der Waals surface area contributed by atoms with Gasteiger partial charge in [0, 0.05) is 19.1 Å². The highest BCUT2D eigenvalue weighted by Crippen LogP contribution is 2.20. The standard InChI is InChI=1S/C22H28N2O4/c1-15(2)17-6-8-19(9-7-17)28-16(3)22(26)24-12-10-18(11-13-24)23-21(25)20-5-4-14-27-20/h4-9,14-16,18H,10-13H2,1-3H3,(H,23,25). The van der Waals surface area contributed by atoms with Gasteiger partial charge in [-0.05, 0) is 55.5 Å². The molecule has 3 rings (SSSR count). The van der Waals surface area contributed by atoms with Crippen molar-refractivity contribution in [1.82, 2.24) is 10.2 Å². The van der Waals surface area contributed by atoms with Crippen molar-refractivity contribution in [2.45, 2.75) is 51.7 Å². The smallest absolute Gasteiger partial charge is 0.287 e. The number of hydrogen-bond acceptors (Lipinski definition) is 4. The van der Waals surface area contributed by atoms with Crippen LogP contribution in [0.3, 0.4) is 0 Å². The Bertz CT molecular complexity index is 775. The zero-order chi connectivity index (χ0) is 20.1. The summed E-state index contributed by atoms with van der Waals surface area (Å²) in [7, 11) is 0. The van der Waals surface area contributed by atoms with Gasteiger partial charge in [0.05, 0.1) is 6.26 Å². The fraction of sp³-hybridized carbons (Fsp3) is 0.455. The molecule has 2 aromatic rings. The Morgan fingerprint density at radius 2 is 1.79 bits per heavy atom. The number of carbonyl (C=O) groups is 2. The summed E-state index contributed by atoms with van der Waals surface area (Å²) in [4.78, 5) is 26.6. The van der Waals surface area contributed by atoms with Crippen LogP contribution in [0.4, 0.5) is 0 Å². The SMILES string of the molecule is CC(Oc1ccc(C(C)C)cc1)C(=O)N1CCC(NC(=O)c2ccco2)CC1. The van der Waals surface area contributed by atoms with E-state index in [4.69, 9.17) is 9.15 Å². The van der Waals surface area contributed by atoms with Crippen LogP contribution in [0.5, 0.6) is 5.75 Å². The number of likely N-dealkylation sites (tertiary alicyclic amines) is 1. The van der Waals surface area contributed by atoms with Crippen LogP contribution in [-0.4, -0.2) is 41.9 Å². The number of amides is 2. The molecule has 1 atom stereocenters. The summed E-state index contributed by atoms with van der Waals surface area (Å²) in [5, 5.41) is 2.96. The lowest BCUT2D eigenvalue weighted by Gasteiger charge is -2.33. The molecule has 0 aliphatic carbocycles. The fourth-order valence-electron chi connectivity index (χ4n) is 3.35. The minimum Gasteiger partial charge on any atom is -0.481 e. The number of benzene rings is 1. The Morgan fingerprint density at radius 1 is 1.11 bits per heavy atom. The van der Waals surface area contributed by atoms with Gasteiger partial charge in [-0.15, -0.1) is 0 Å². The topological polar surface area (TPSA) is 71.8 Å². The maximum absolute atomic E-state index is 12.7. The summed E-state index contributed by atoms with van der Waals surface area (Å²) in [5.74, 6) is 1.23. The Kier molecular flexibility index (Phi) is 6.39. The molecular formula is C22H28N2O4. The Labute approximate surface area is 165 Å². The van der Waals surface area contributed by atoms with Crippen LogP contribution < -0.4 is 10.1 Å². The summed E-state index contributed by atoms with van der Waals surface area (Å²) in [6.07, 6.45) is 2.37. The van der Waals surface area contributed by atoms with Crippen molar-refractivity contribution in [1.29, 1.82) is 0 Å². The van der Waals surface area contributed by atoms with E-state index in [1.807, 2.05) is 29.2 Å². The normalized spacial score (nSPS) is 16.1. The van der Waals surface area contributed by atoms with Crippen LogP contribution in [0.25, 0.3) is 0 Å². The van der Waals surface area contributed by atoms with Crippen LogP contribution in [0.2, 0.25) is 0 Å². The highest BCUT2D eigenvalue weighted by atomic mass is 16.5. The molecule has 6 nitrogen and oxygen atoms in total. The molecule has 1 aromatic heterocycles. The van der Waals surface area contributed by atoms with Crippen molar-refractivity contribution in [2.24, 2.45) is 0 Å². The molecule has 0 radical (unpaired) electrons. The van der Waals surface area contributed by atoms with Gasteiger partial charge in [-0.1, -0.05) is 26.0 Å². The molecule has 0 bridgehead atoms. The van der Waals surface area contributed by atoms with E-state index in [9.17, 15) is 9.59 Å². The first-order valence-electron chi connectivity index (χ1n) is 9.84. The molecule has 1 fully saturated rings. The average molecular weight is 384 g/mol. The van der Waals surface area contributed by atoms with Gasteiger partial charge in [-0.2, -0.15) is 0 Å². The van der Waals surface area contributed by atoms with Gasteiger partial charge in [-0.3, -0.25) is 9.59 Å². The first-order valence-corrected chi connectivity index (χ1v) is 9.84. The lowest BCUT2D eigenvalue weighted by Crippen LogP contribution is -2.49. The van der Waals surface area contributed by atoms with Gasteiger partial charge in [0.2, 0.25) is 0 Å². The largest absolute Gasteiger partial charge is 0.481 e. The number of carbonyl (C=O) groups excluding carboxylic acids is 2. The van der Waals surface area contributed by atoms with E-state index in [0.29, 0.717) is 43.4 Å². The summed E-state index contributed by atoms with van der Waals surface area (Å²) in [6.45, 7) is 7.26. The quantitative estimate of drug-likeness (QED) is 0.826. The van der Waals surface area contributed by atoms with Gasteiger partial charge < -0.3 is 19.4 Å². The molecule has 0 saturated carbocycles. The maximum atomic E-state index is 12.7. The van der Waals surface area contributed by atoms with E-state index in [0.717, 1.165) is 0 Å². The summed E-state index contributed by atoms with van der Waals surface area (Å²) in [5.41, 5.74) is 1.24. The van der Waals surface area contributed by atoms with Crippen LogP contribution in [0, 0.1) is 0 Å². The van der Waals surface area contributed by atoms with E-state index in [1.54, 1.807) is 19.1 Å². The van der Waals surface area contributed by atoms with Crippen molar-refractivity contribution in [3.63, 3.8) is 0 Å². The van der Waals surface area contributed by atoms with E-state index < -0.39 is 6.10 Å². The van der Waals surface area contributed by atoms with E-state index in [1.165, 1.54) is 11.8 Å². The molecule has 6 heteroatoms. The van der Waals surface area contributed by atoms with E-state index in [-0.39, 0.29) is 17.9 Å². The molecule has 28 heavy (non-hydrogen) atoms. The Hall–Kier alpha value is -2.76. The van der Waals surface area contributed by atoms with Crippen molar-refractivity contribution >= 4 is 11.8 Å². The molecule has 1 N–H and O–H groups in total. The van der Waals surface area contributed by atoms with Crippen LogP contribution >= 0.6 is 0 Å². The summed E-state index contributed by atoms with van der Waals surface area (Å²) < 4.78 is 10.9. The van der Waals surface area contributed by atoms with E-state index >= 15 is 0 Å². The van der Waals surface area contributed by atoms with Crippen LogP contribution in [0.15, 0.2) is 47.1 Å². The molecule has 1 aliphatic rings. The number of hydrogen-bond donors (Lipinski definition) is 1. The zero-order valence-electron chi connectivity index (χ0n) is 16.7. The van der Waals surface area contributed by atoms with Gasteiger partial charge in [0.1, 0.15) is 5.75 Å². The Balaban J connectivity index is 1.46. The molecule has 1 unspecified atom stereocenters. The van der Waals surface area contributed by atoms with Gasteiger partial charge in [0.15, 0.2) is 11.9 Å². The summed E-state index contributed by atoms with van der Waals surface area (Å²) in [6, 6.07) is 11.3. The van der Waals surface area contributed by atoms with Crippen molar-refractivity contribution in [3.05, 3.63) is 54.0 Å².